The lowest BCUT2D eigenvalue weighted by Gasteiger charge is -2.23. The summed E-state index contributed by atoms with van der Waals surface area (Å²) in [7, 11) is 0. The van der Waals surface area contributed by atoms with E-state index in [-0.39, 0.29) is 5.91 Å². The van der Waals surface area contributed by atoms with Crippen molar-refractivity contribution in [3.05, 3.63) is 89.0 Å². The normalized spacial score (nSPS) is 21.3. The summed E-state index contributed by atoms with van der Waals surface area (Å²) in [4.78, 5) is 15.8. The highest BCUT2D eigenvalue weighted by Crippen LogP contribution is 2.54. The maximum Gasteiger partial charge on any atom is 0.246 e. The molecule has 3 aromatic carbocycles. The molecule has 138 valence electrons. The van der Waals surface area contributed by atoms with Gasteiger partial charge in [0.25, 0.3) is 0 Å². The van der Waals surface area contributed by atoms with Crippen molar-refractivity contribution < 1.29 is 14.3 Å². The molecule has 0 aromatic heterocycles. The minimum Gasteiger partial charge on any atom is -0.493 e. The Morgan fingerprint density at radius 2 is 1.71 bits per heavy atom. The fourth-order valence-corrected chi connectivity index (χ4v) is 4.77. The van der Waals surface area contributed by atoms with Crippen molar-refractivity contribution in [1.29, 1.82) is 0 Å². The van der Waals surface area contributed by atoms with Crippen molar-refractivity contribution in [2.24, 2.45) is 0 Å². The predicted octanol–water partition coefficient (Wildman–Crippen LogP) is 3.85. The number of amides is 1. The van der Waals surface area contributed by atoms with Crippen LogP contribution in [0.25, 0.3) is 0 Å². The van der Waals surface area contributed by atoms with E-state index in [0.29, 0.717) is 19.8 Å². The lowest BCUT2D eigenvalue weighted by Crippen LogP contribution is -2.42. The molecule has 6 rings (SSSR count). The molecule has 0 bridgehead atoms. The first kappa shape index (κ1) is 15.8. The van der Waals surface area contributed by atoms with Gasteiger partial charge in [-0.25, -0.2) is 0 Å². The summed E-state index contributed by atoms with van der Waals surface area (Å²) in [5.41, 5.74) is 4.50. The van der Waals surface area contributed by atoms with Gasteiger partial charge in [-0.3, -0.25) is 4.79 Å². The van der Waals surface area contributed by atoms with Crippen molar-refractivity contribution in [3.63, 3.8) is 0 Å². The Morgan fingerprint density at radius 1 is 0.893 bits per heavy atom. The number of para-hydroxylation sites is 1. The van der Waals surface area contributed by atoms with E-state index < -0.39 is 5.41 Å². The van der Waals surface area contributed by atoms with Crippen LogP contribution in [0.2, 0.25) is 0 Å². The molecule has 0 fully saturated rings. The van der Waals surface area contributed by atoms with E-state index in [1.54, 1.807) is 0 Å². The molecule has 3 aliphatic heterocycles. The summed E-state index contributed by atoms with van der Waals surface area (Å²) in [5.74, 6) is 1.75. The summed E-state index contributed by atoms with van der Waals surface area (Å²) in [6, 6.07) is 22.3. The Labute approximate surface area is 163 Å². The minimum absolute atomic E-state index is 0.0927. The molecule has 0 saturated heterocycles. The molecule has 3 aromatic rings. The van der Waals surface area contributed by atoms with Crippen LogP contribution in [0, 0.1) is 0 Å². The Kier molecular flexibility index (Phi) is 3.16. The number of anilines is 1. The third-order valence-electron chi connectivity index (χ3n) is 6.14. The van der Waals surface area contributed by atoms with Gasteiger partial charge in [0.15, 0.2) is 0 Å². The summed E-state index contributed by atoms with van der Waals surface area (Å²) in [6.45, 7) is 1.59. The first-order valence-electron chi connectivity index (χ1n) is 9.66. The van der Waals surface area contributed by atoms with Crippen molar-refractivity contribution in [2.45, 2.75) is 18.4 Å². The zero-order valence-electron chi connectivity index (χ0n) is 15.4. The largest absolute Gasteiger partial charge is 0.493 e. The van der Waals surface area contributed by atoms with Crippen LogP contribution >= 0.6 is 0 Å². The molecule has 3 heterocycles. The van der Waals surface area contributed by atoms with Crippen molar-refractivity contribution in [2.75, 3.05) is 18.1 Å². The van der Waals surface area contributed by atoms with Gasteiger partial charge in [-0.1, -0.05) is 48.5 Å². The van der Waals surface area contributed by atoms with E-state index in [0.717, 1.165) is 45.9 Å². The molecule has 4 nitrogen and oxygen atoms in total. The third kappa shape index (κ3) is 1.97. The SMILES string of the molecule is O=C1N(Cc2ccccc2)c2ccccc2C12COc1cc3c(cc12)CCO3. The van der Waals surface area contributed by atoms with E-state index in [9.17, 15) is 4.79 Å². The number of fused-ring (bicyclic) bond motifs is 5. The lowest BCUT2D eigenvalue weighted by atomic mass is 9.76. The fourth-order valence-electron chi connectivity index (χ4n) is 4.77. The van der Waals surface area contributed by atoms with Gasteiger partial charge in [-0.15, -0.1) is 0 Å². The molecule has 0 radical (unpaired) electrons. The van der Waals surface area contributed by atoms with Gasteiger partial charge < -0.3 is 14.4 Å². The number of carbonyl (C=O) groups is 1. The zero-order valence-corrected chi connectivity index (χ0v) is 15.4. The third-order valence-corrected chi connectivity index (χ3v) is 6.14. The average molecular weight is 369 g/mol. The topological polar surface area (TPSA) is 38.8 Å². The Morgan fingerprint density at radius 3 is 2.61 bits per heavy atom. The van der Waals surface area contributed by atoms with Crippen molar-refractivity contribution in [1.82, 2.24) is 0 Å². The molecule has 1 unspecified atom stereocenters. The minimum atomic E-state index is -0.766. The molecule has 0 aliphatic carbocycles. The Hall–Kier alpha value is -3.27. The van der Waals surface area contributed by atoms with Crippen LogP contribution in [0.1, 0.15) is 22.3 Å². The van der Waals surface area contributed by atoms with Crippen LogP contribution in [0.3, 0.4) is 0 Å². The van der Waals surface area contributed by atoms with Gasteiger partial charge in [0.2, 0.25) is 5.91 Å². The molecule has 3 aliphatic rings. The van der Waals surface area contributed by atoms with E-state index >= 15 is 0 Å². The lowest BCUT2D eigenvalue weighted by molar-refractivity contribution is -0.122. The smallest absolute Gasteiger partial charge is 0.246 e. The molecule has 1 spiro atoms. The van der Waals surface area contributed by atoms with Gasteiger partial charge in [-0.2, -0.15) is 0 Å². The van der Waals surface area contributed by atoms with E-state index in [4.69, 9.17) is 9.47 Å². The van der Waals surface area contributed by atoms with Crippen LogP contribution in [-0.2, 0) is 23.2 Å². The average Bonchev–Trinajstić information content (AvgIpc) is 3.40. The number of ether oxygens (including phenoxy) is 2. The van der Waals surface area contributed by atoms with Crippen LogP contribution < -0.4 is 14.4 Å². The number of carbonyl (C=O) groups excluding carboxylic acids is 1. The number of rotatable bonds is 2. The molecule has 0 N–H and O–H groups in total. The first-order valence-corrected chi connectivity index (χ1v) is 9.66. The van der Waals surface area contributed by atoms with Crippen LogP contribution in [0.5, 0.6) is 11.5 Å². The molecule has 1 atom stereocenters. The van der Waals surface area contributed by atoms with Gasteiger partial charge >= 0.3 is 0 Å². The highest BCUT2D eigenvalue weighted by atomic mass is 16.5. The number of benzene rings is 3. The number of hydrogen-bond donors (Lipinski definition) is 0. The maximum atomic E-state index is 13.9. The predicted molar refractivity (Wildman–Crippen MR) is 106 cm³/mol. The molecule has 28 heavy (non-hydrogen) atoms. The quantitative estimate of drug-likeness (QED) is 0.689. The second-order valence-corrected chi connectivity index (χ2v) is 7.64. The molecule has 0 saturated carbocycles. The van der Waals surface area contributed by atoms with Gasteiger partial charge in [0, 0.05) is 23.7 Å². The van der Waals surface area contributed by atoms with Crippen molar-refractivity contribution in [3.8, 4) is 11.5 Å². The molecular formula is C24H19NO3. The van der Waals surface area contributed by atoms with Crippen LogP contribution in [-0.4, -0.2) is 19.1 Å². The van der Waals surface area contributed by atoms with E-state index in [1.165, 1.54) is 0 Å². The highest BCUT2D eigenvalue weighted by molar-refractivity contribution is 6.11. The number of nitrogens with zero attached hydrogens (tertiary/aromatic N) is 1. The second kappa shape index (κ2) is 5.61. The molecule has 4 heteroatoms. The standard InChI is InChI=1S/C24H19NO3/c26-23-24(15-28-22-13-21-17(10-11-27-21)12-19(22)24)18-8-4-5-9-20(18)25(23)14-16-6-2-1-3-7-16/h1-9,12-13H,10-11,14-15H2. The Balaban J connectivity index is 1.52. The summed E-state index contributed by atoms with van der Waals surface area (Å²) >= 11 is 0. The summed E-state index contributed by atoms with van der Waals surface area (Å²) in [5, 5.41) is 0. The van der Waals surface area contributed by atoms with Crippen molar-refractivity contribution >= 4 is 11.6 Å². The van der Waals surface area contributed by atoms with E-state index in [1.807, 2.05) is 47.4 Å². The Bertz CT molecular complexity index is 1110. The second-order valence-electron chi connectivity index (χ2n) is 7.64. The summed E-state index contributed by atoms with van der Waals surface area (Å²) in [6.07, 6.45) is 0.877. The van der Waals surface area contributed by atoms with Gasteiger partial charge in [-0.05, 0) is 28.8 Å². The summed E-state index contributed by atoms with van der Waals surface area (Å²) < 4.78 is 11.8. The monoisotopic (exact) mass is 369 g/mol. The van der Waals surface area contributed by atoms with Crippen LogP contribution in [0.4, 0.5) is 5.69 Å². The number of hydrogen-bond acceptors (Lipinski definition) is 3. The molecular weight excluding hydrogens is 350 g/mol. The fraction of sp³-hybridized carbons (Fsp3) is 0.208. The van der Waals surface area contributed by atoms with Gasteiger partial charge in [0.1, 0.15) is 23.5 Å². The zero-order chi connectivity index (χ0) is 18.7. The first-order chi connectivity index (χ1) is 13.8. The molecule has 1 amide bonds. The maximum absolute atomic E-state index is 13.9. The van der Waals surface area contributed by atoms with Crippen LogP contribution in [0.15, 0.2) is 66.7 Å². The van der Waals surface area contributed by atoms with E-state index in [2.05, 4.69) is 24.3 Å². The van der Waals surface area contributed by atoms with Gasteiger partial charge in [0.05, 0.1) is 13.2 Å². The highest BCUT2D eigenvalue weighted by Gasteiger charge is 2.57.